The van der Waals surface area contributed by atoms with E-state index in [0.29, 0.717) is 21.2 Å². The third kappa shape index (κ3) is 1.84. The lowest BCUT2D eigenvalue weighted by Crippen LogP contribution is -1.89. The van der Waals surface area contributed by atoms with Crippen LogP contribution in [-0.4, -0.2) is 0 Å². The molecule has 0 atom stereocenters. The highest BCUT2D eigenvalue weighted by molar-refractivity contribution is 9.10. The number of nitrogens with zero attached hydrogens (tertiary/aromatic N) is 1. The van der Waals surface area contributed by atoms with Crippen LogP contribution >= 0.6 is 15.9 Å². The summed E-state index contributed by atoms with van der Waals surface area (Å²) in [7, 11) is 0. The number of hydrogen-bond donors (Lipinski definition) is 0. The normalized spacial score (nSPS) is 9.81. The van der Waals surface area contributed by atoms with Gasteiger partial charge in [-0.15, -0.1) is 0 Å². The zero-order chi connectivity index (χ0) is 11.5. The van der Waals surface area contributed by atoms with Crippen LogP contribution in [0.4, 0.5) is 4.39 Å². The van der Waals surface area contributed by atoms with Crippen molar-refractivity contribution in [3.05, 3.63) is 58.3 Å². The standard InChI is InChI=1S/C13H6BrFN/c14-12-6-3-5-9(11(12)8-16)10-4-1-2-7-13(10)15/h1-6H. The van der Waals surface area contributed by atoms with E-state index in [4.69, 9.17) is 5.26 Å². The van der Waals surface area contributed by atoms with Crippen LogP contribution in [0.5, 0.6) is 0 Å². The molecule has 0 unspecified atom stereocenters. The van der Waals surface area contributed by atoms with Crippen LogP contribution in [0.2, 0.25) is 0 Å². The first-order valence-electron chi connectivity index (χ1n) is 4.59. The lowest BCUT2D eigenvalue weighted by Gasteiger charge is -2.06. The molecule has 0 heterocycles. The van der Waals surface area contributed by atoms with E-state index in [2.05, 4.69) is 28.1 Å². The Balaban J connectivity index is 2.71. The minimum atomic E-state index is -0.447. The summed E-state index contributed by atoms with van der Waals surface area (Å²) in [4.78, 5) is 0. The fraction of sp³-hybridized carbons (Fsp3) is 0. The van der Waals surface area contributed by atoms with E-state index in [1.54, 1.807) is 30.3 Å². The molecule has 2 aromatic rings. The van der Waals surface area contributed by atoms with Crippen LogP contribution in [0.25, 0.3) is 11.1 Å². The lowest BCUT2D eigenvalue weighted by molar-refractivity contribution is 0.629. The summed E-state index contributed by atoms with van der Waals surface area (Å²) >= 11 is 3.27. The van der Waals surface area contributed by atoms with E-state index < -0.39 is 5.82 Å². The molecular weight excluding hydrogens is 269 g/mol. The maximum Gasteiger partial charge on any atom is 0.138 e. The predicted octanol–water partition coefficient (Wildman–Crippen LogP) is 3.93. The van der Waals surface area contributed by atoms with E-state index in [-0.39, 0.29) is 0 Å². The van der Waals surface area contributed by atoms with Crippen molar-refractivity contribution in [1.82, 2.24) is 0 Å². The fourth-order valence-corrected chi connectivity index (χ4v) is 1.94. The average molecular weight is 275 g/mol. The third-order valence-corrected chi connectivity index (χ3v) is 2.88. The molecule has 1 nitrogen and oxygen atoms in total. The summed E-state index contributed by atoms with van der Waals surface area (Å²) < 4.78 is 14.2. The van der Waals surface area contributed by atoms with Crippen LogP contribution in [0, 0.1) is 23.2 Å². The Kier molecular flexibility index (Phi) is 3.02. The summed E-state index contributed by atoms with van der Waals surface area (Å²) in [6.07, 6.45) is 0. The van der Waals surface area contributed by atoms with Crippen molar-refractivity contribution < 1.29 is 4.39 Å². The van der Waals surface area contributed by atoms with Crippen molar-refractivity contribution in [2.45, 2.75) is 0 Å². The molecule has 1 radical (unpaired) electrons. The van der Waals surface area contributed by atoms with Gasteiger partial charge < -0.3 is 0 Å². The van der Waals surface area contributed by atoms with Crippen LogP contribution < -0.4 is 0 Å². The van der Waals surface area contributed by atoms with Gasteiger partial charge in [0.05, 0.1) is 5.56 Å². The van der Waals surface area contributed by atoms with Crippen molar-refractivity contribution in [2.24, 2.45) is 0 Å². The fourth-order valence-electron chi connectivity index (χ4n) is 1.49. The topological polar surface area (TPSA) is 23.8 Å². The monoisotopic (exact) mass is 274 g/mol. The zero-order valence-electron chi connectivity index (χ0n) is 8.17. The quantitative estimate of drug-likeness (QED) is 0.773. The van der Waals surface area contributed by atoms with E-state index in [1.165, 1.54) is 6.07 Å². The Hall–Kier alpha value is -1.66. The number of hydrogen-bond acceptors (Lipinski definition) is 1. The van der Waals surface area contributed by atoms with Gasteiger partial charge in [-0.1, -0.05) is 30.3 Å². The van der Waals surface area contributed by atoms with Gasteiger partial charge in [-0.05, 0) is 22.0 Å². The Bertz CT molecular complexity index is 572. The van der Waals surface area contributed by atoms with Crippen LogP contribution in [0.15, 0.2) is 40.9 Å². The molecule has 0 spiro atoms. The van der Waals surface area contributed by atoms with Gasteiger partial charge in [-0.2, -0.15) is 5.26 Å². The molecule has 0 saturated carbocycles. The largest absolute Gasteiger partial charge is 0.206 e. The van der Waals surface area contributed by atoms with Crippen molar-refractivity contribution in [2.75, 3.05) is 0 Å². The van der Waals surface area contributed by atoms with Gasteiger partial charge >= 0.3 is 0 Å². The molecule has 0 fully saturated rings. The molecule has 3 heteroatoms. The van der Waals surface area contributed by atoms with Crippen LogP contribution in [0.3, 0.4) is 0 Å². The molecule has 0 bridgehead atoms. The molecule has 0 amide bonds. The van der Waals surface area contributed by atoms with Crippen molar-refractivity contribution in [1.29, 1.82) is 5.26 Å². The predicted molar refractivity (Wildman–Crippen MR) is 63.1 cm³/mol. The molecule has 77 valence electrons. The number of halogens is 2. The molecule has 2 rings (SSSR count). The van der Waals surface area contributed by atoms with Crippen molar-refractivity contribution in [3.8, 4) is 17.2 Å². The van der Waals surface area contributed by atoms with Gasteiger partial charge in [0.25, 0.3) is 0 Å². The third-order valence-electron chi connectivity index (χ3n) is 2.22. The molecule has 0 N–H and O–H groups in total. The van der Waals surface area contributed by atoms with Gasteiger partial charge in [-0.25, -0.2) is 4.39 Å². The summed E-state index contributed by atoms with van der Waals surface area (Å²) in [5.74, 6) is -0.447. The highest BCUT2D eigenvalue weighted by atomic mass is 79.9. The van der Waals surface area contributed by atoms with Gasteiger partial charge in [0.1, 0.15) is 11.9 Å². The van der Waals surface area contributed by atoms with Crippen LogP contribution in [0.1, 0.15) is 5.56 Å². The first kappa shape index (κ1) is 10.8. The van der Waals surface area contributed by atoms with E-state index in [1.807, 2.05) is 0 Å². The zero-order valence-corrected chi connectivity index (χ0v) is 9.75. The molecular formula is C13H6BrFN. The minimum absolute atomic E-state index is 0.389. The average Bonchev–Trinajstić information content (AvgIpc) is 2.29. The maximum atomic E-state index is 13.5. The Morgan fingerprint density at radius 1 is 1.19 bits per heavy atom. The lowest BCUT2D eigenvalue weighted by atomic mass is 10.00. The molecule has 0 aliphatic carbocycles. The summed E-state index contributed by atoms with van der Waals surface area (Å²) in [5.41, 5.74) is 1.40. The maximum absolute atomic E-state index is 13.5. The van der Waals surface area contributed by atoms with Gasteiger partial charge in [0.15, 0.2) is 0 Å². The van der Waals surface area contributed by atoms with Crippen LogP contribution in [-0.2, 0) is 0 Å². The number of rotatable bonds is 1. The molecule has 16 heavy (non-hydrogen) atoms. The highest BCUT2D eigenvalue weighted by Gasteiger charge is 2.11. The van der Waals surface area contributed by atoms with E-state index in [0.717, 1.165) is 0 Å². The number of benzene rings is 2. The molecule has 0 saturated heterocycles. The second kappa shape index (κ2) is 4.46. The summed E-state index contributed by atoms with van der Waals surface area (Å²) in [5, 5.41) is 9.04. The minimum Gasteiger partial charge on any atom is -0.206 e. The van der Waals surface area contributed by atoms with Gasteiger partial charge in [0.2, 0.25) is 0 Å². The van der Waals surface area contributed by atoms with Crippen molar-refractivity contribution >= 4 is 15.9 Å². The molecule has 0 aliphatic rings. The second-order valence-electron chi connectivity index (χ2n) is 3.17. The van der Waals surface area contributed by atoms with Gasteiger partial charge in [-0.3, -0.25) is 0 Å². The highest BCUT2D eigenvalue weighted by Crippen LogP contribution is 2.30. The molecule has 2 aromatic carbocycles. The second-order valence-corrected chi connectivity index (χ2v) is 4.03. The smallest absolute Gasteiger partial charge is 0.138 e. The van der Waals surface area contributed by atoms with E-state index in [9.17, 15) is 4.39 Å². The Labute approximate surface area is 101 Å². The Morgan fingerprint density at radius 3 is 2.62 bits per heavy atom. The number of nitriles is 1. The Morgan fingerprint density at radius 2 is 1.94 bits per heavy atom. The first-order chi connectivity index (χ1) is 7.74. The molecule has 0 aromatic heterocycles. The van der Waals surface area contributed by atoms with Gasteiger partial charge in [0, 0.05) is 21.7 Å². The SMILES string of the molecule is N#Cc1c(Br)cccc1-c1ccc[c]c1F. The molecule has 0 aliphatic heterocycles. The summed E-state index contributed by atoms with van der Waals surface area (Å²) in [6, 6.07) is 14.6. The summed E-state index contributed by atoms with van der Waals surface area (Å²) in [6.45, 7) is 0. The first-order valence-corrected chi connectivity index (χ1v) is 5.38. The van der Waals surface area contributed by atoms with E-state index >= 15 is 0 Å². The van der Waals surface area contributed by atoms with Crippen molar-refractivity contribution in [3.63, 3.8) is 0 Å².